The fraction of sp³-hybridized carbons (Fsp3) is 0.667. The molecule has 3 atom stereocenters. The summed E-state index contributed by atoms with van der Waals surface area (Å²) in [5, 5.41) is 2.00. The Morgan fingerprint density at radius 3 is 2.67 bits per heavy atom. The van der Waals surface area contributed by atoms with Crippen molar-refractivity contribution in [2.24, 2.45) is 17.8 Å². The first-order valence-corrected chi connectivity index (χ1v) is 8.70. The third-order valence-corrected chi connectivity index (χ3v) is 6.60. The molecule has 18 heavy (non-hydrogen) atoms. The maximum Gasteiger partial charge on any atom is 0.177 e. The maximum atomic E-state index is 12.5. The lowest BCUT2D eigenvalue weighted by atomic mass is 9.66. The lowest BCUT2D eigenvalue weighted by molar-refractivity contribution is 0.0767. The average molecular weight is 327 g/mol. The quantitative estimate of drug-likeness (QED) is 0.674. The van der Waals surface area contributed by atoms with Gasteiger partial charge in [0, 0.05) is 10.4 Å². The van der Waals surface area contributed by atoms with Crippen LogP contribution in [0.25, 0.3) is 0 Å². The van der Waals surface area contributed by atoms with Crippen molar-refractivity contribution in [3.05, 3.63) is 20.8 Å². The van der Waals surface area contributed by atoms with Crippen LogP contribution in [0.2, 0.25) is 0 Å². The number of carbonyl (C=O) groups is 1. The van der Waals surface area contributed by atoms with Crippen molar-refractivity contribution in [1.82, 2.24) is 0 Å². The van der Waals surface area contributed by atoms with Crippen LogP contribution < -0.4 is 0 Å². The molecule has 3 rings (SSSR count). The van der Waals surface area contributed by atoms with E-state index in [0.717, 1.165) is 34.0 Å². The molecule has 0 bridgehead atoms. The summed E-state index contributed by atoms with van der Waals surface area (Å²) in [4.78, 5) is 13.5. The first-order chi connectivity index (χ1) is 8.75. The van der Waals surface area contributed by atoms with Gasteiger partial charge < -0.3 is 0 Å². The fourth-order valence-electron chi connectivity index (χ4n) is 3.77. The van der Waals surface area contributed by atoms with E-state index >= 15 is 0 Å². The Hall–Kier alpha value is -0.150. The molecular weight excluding hydrogens is 308 g/mol. The third kappa shape index (κ3) is 2.44. The van der Waals surface area contributed by atoms with Gasteiger partial charge in [0.25, 0.3) is 0 Å². The molecule has 0 radical (unpaired) electrons. The zero-order valence-electron chi connectivity index (χ0n) is 10.5. The first-order valence-electron chi connectivity index (χ1n) is 7.03. The zero-order chi connectivity index (χ0) is 12.5. The van der Waals surface area contributed by atoms with Gasteiger partial charge in [-0.1, -0.05) is 25.7 Å². The van der Waals surface area contributed by atoms with Crippen molar-refractivity contribution in [2.75, 3.05) is 0 Å². The smallest absolute Gasteiger partial charge is 0.177 e. The second-order valence-corrected chi connectivity index (χ2v) is 7.55. The van der Waals surface area contributed by atoms with E-state index in [9.17, 15) is 4.79 Å². The van der Waals surface area contributed by atoms with Crippen molar-refractivity contribution in [3.8, 4) is 0 Å². The number of hydrogen-bond donors (Lipinski definition) is 0. The highest BCUT2D eigenvalue weighted by molar-refractivity contribution is 9.10. The van der Waals surface area contributed by atoms with Crippen molar-refractivity contribution in [1.29, 1.82) is 0 Å². The van der Waals surface area contributed by atoms with Gasteiger partial charge in [-0.05, 0) is 58.5 Å². The van der Waals surface area contributed by atoms with Gasteiger partial charge in [-0.15, -0.1) is 11.3 Å². The Morgan fingerprint density at radius 2 is 1.94 bits per heavy atom. The van der Waals surface area contributed by atoms with Gasteiger partial charge in [0.05, 0.1) is 4.88 Å². The molecule has 1 heterocycles. The van der Waals surface area contributed by atoms with Crippen LogP contribution in [0.3, 0.4) is 0 Å². The lowest BCUT2D eigenvalue weighted by Crippen LogP contribution is -2.31. The van der Waals surface area contributed by atoms with Gasteiger partial charge in [-0.25, -0.2) is 0 Å². The highest BCUT2D eigenvalue weighted by Crippen LogP contribution is 2.44. The molecule has 0 saturated heterocycles. The van der Waals surface area contributed by atoms with Gasteiger partial charge in [-0.2, -0.15) is 0 Å². The summed E-state index contributed by atoms with van der Waals surface area (Å²) in [7, 11) is 0. The summed E-state index contributed by atoms with van der Waals surface area (Å²) in [6, 6.07) is 1.99. The average Bonchev–Trinajstić information content (AvgIpc) is 2.83. The van der Waals surface area contributed by atoms with Crippen LogP contribution >= 0.6 is 27.3 Å². The van der Waals surface area contributed by atoms with Gasteiger partial charge in [0.2, 0.25) is 0 Å². The normalized spacial score (nSPS) is 31.9. The Morgan fingerprint density at radius 1 is 1.17 bits per heavy atom. The minimum atomic E-state index is 0.291. The number of rotatable bonds is 2. The number of carbonyl (C=O) groups excluding carboxylic acids is 1. The van der Waals surface area contributed by atoms with Crippen LogP contribution in [0, 0.1) is 17.8 Å². The standard InChI is InChI=1S/C15H19BrOS/c16-13-7-8-18-15(13)14(17)12-6-5-10-3-1-2-4-11(10)9-12/h7-8,10-12H,1-6,9H2. The molecule has 3 heteroatoms. The number of ketones is 1. The predicted molar refractivity (Wildman–Crippen MR) is 79.1 cm³/mol. The lowest BCUT2D eigenvalue weighted by Gasteiger charge is -2.38. The second kappa shape index (κ2) is 5.46. The van der Waals surface area contributed by atoms with E-state index < -0.39 is 0 Å². The highest BCUT2D eigenvalue weighted by Gasteiger charge is 2.35. The first kappa shape index (κ1) is 12.9. The predicted octanol–water partition coefficient (Wildman–Crippen LogP) is 5.30. The van der Waals surface area contributed by atoms with Gasteiger partial charge >= 0.3 is 0 Å². The van der Waals surface area contributed by atoms with Crippen LogP contribution in [-0.2, 0) is 0 Å². The summed E-state index contributed by atoms with van der Waals surface area (Å²) in [6.45, 7) is 0. The molecule has 3 unspecified atom stereocenters. The molecule has 2 fully saturated rings. The van der Waals surface area contributed by atoms with Gasteiger partial charge in [-0.3, -0.25) is 4.79 Å². The molecule has 0 spiro atoms. The number of thiophene rings is 1. The summed E-state index contributed by atoms with van der Waals surface area (Å²) in [5.41, 5.74) is 0. The van der Waals surface area contributed by atoms with E-state index in [2.05, 4.69) is 15.9 Å². The van der Waals surface area contributed by atoms with E-state index in [0.29, 0.717) is 11.7 Å². The molecule has 0 aromatic carbocycles. The number of fused-ring (bicyclic) bond motifs is 1. The summed E-state index contributed by atoms with van der Waals surface area (Å²) < 4.78 is 0.989. The Kier molecular flexibility index (Phi) is 3.90. The van der Waals surface area contributed by atoms with Crippen molar-refractivity contribution >= 4 is 33.0 Å². The number of Topliss-reactive ketones (excluding diaryl/α,β-unsaturated/α-hetero) is 1. The molecule has 1 aromatic heterocycles. The van der Waals surface area contributed by atoms with Crippen molar-refractivity contribution in [2.45, 2.75) is 44.9 Å². The molecule has 1 aromatic rings. The fourth-order valence-corrected chi connectivity index (χ4v) is 5.35. The van der Waals surface area contributed by atoms with Crippen LogP contribution in [0.1, 0.15) is 54.6 Å². The molecule has 0 amide bonds. The van der Waals surface area contributed by atoms with E-state index in [1.165, 1.54) is 32.1 Å². The maximum absolute atomic E-state index is 12.5. The largest absolute Gasteiger partial charge is 0.293 e. The van der Waals surface area contributed by atoms with Crippen LogP contribution in [-0.4, -0.2) is 5.78 Å². The van der Waals surface area contributed by atoms with Crippen LogP contribution in [0.15, 0.2) is 15.9 Å². The van der Waals surface area contributed by atoms with Gasteiger partial charge in [0.15, 0.2) is 5.78 Å². The summed E-state index contributed by atoms with van der Waals surface area (Å²) in [6.07, 6.45) is 9.11. The van der Waals surface area contributed by atoms with E-state index in [1.807, 2.05) is 11.4 Å². The molecule has 1 nitrogen and oxygen atoms in total. The molecular formula is C15H19BrOS. The Labute approximate surface area is 121 Å². The second-order valence-electron chi connectivity index (χ2n) is 5.78. The monoisotopic (exact) mass is 326 g/mol. The van der Waals surface area contributed by atoms with E-state index in [1.54, 1.807) is 11.3 Å². The topological polar surface area (TPSA) is 17.1 Å². The van der Waals surface area contributed by atoms with Crippen molar-refractivity contribution in [3.63, 3.8) is 0 Å². The Bertz CT molecular complexity index is 439. The highest BCUT2D eigenvalue weighted by atomic mass is 79.9. The molecule has 98 valence electrons. The molecule has 0 aliphatic heterocycles. The van der Waals surface area contributed by atoms with Crippen LogP contribution in [0.4, 0.5) is 0 Å². The molecule has 0 N–H and O–H groups in total. The Balaban J connectivity index is 1.70. The van der Waals surface area contributed by atoms with E-state index in [4.69, 9.17) is 0 Å². The molecule has 2 aliphatic rings. The summed E-state index contributed by atoms with van der Waals surface area (Å²) in [5.74, 6) is 2.44. The minimum Gasteiger partial charge on any atom is -0.293 e. The van der Waals surface area contributed by atoms with Crippen LogP contribution in [0.5, 0.6) is 0 Å². The number of hydrogen-bond acceptors (Lipinski definition) is 2. The molecule has 2 saturated carbocycles. The third-order valence-electron chi connectivity index (χ3n) is 4.75. The SMILES string of the molecule is O=C(c1sccc1Br)C1CCC2CCCCC2C1. The van der Waals surface area contributed by atoms with Crippen molar-refractivity contribution < 1.29 is 4.79 Å². The minimum absolute atomic E-state index is 0.291. The molecule has 2 aliphatic carbocycles. The van der Waals surface area contributed by atoms with Gasteiger partial charge in [0.1, 0.15) is 0 Å². The number of halogens is 1. The van der Waals surface area contributed by atoms with E-state index in [-0.39, 0.29) is 0 Å². The zero-order valence-corrected chi connectivity index (χ0v) is 12.9. The summed E-state index contributed by atoms with van der Waals surface area (Å²) >= 11 is 5.08.